The summed E-state index contributed by atoms with van der Waals surface area (Å²) in [6.07, 6.45) is 0. The number of aromatic hydroxyl groups is 1. The number of halogens is 1. The maximum Gasteiger partial charge on any atom is 0.126 e. The van der Waals surface area contributed by atoms with Crippen molar-refractivity contribution in [1.82, 2.24) is 5.32 Å². The summed E-state index contributed by atoms with van der Waals surface area (Å²) in [7, 11) is 0. The number of phenolic OH excluding ortho intramolecular Hbond substituents is 1. The van der Waals surface area contributed by atoms with Crippen molar-refractivity contribution in [2.24, 2.45) is 0 Å². The predicted octanol–water partition coefficient (Wildman–Crippen LogP) is 3.69. The molecule has 2 nitrogen and oxygen atoms in total. The maximum atomic E-state index is 13.5. The lowest BCUT2D eigenvalue weighted by molar-refractivity contribution is 0.460. The van der Waals surface area contributed by atoms with E-state index in [1.165, 1.54) is 0 Å². The summed E-state index contributed by atoms with van der Waals surface area (Å²) in [4.78, 5) is 0. The molecule has 0 aliphatic carbocycles. The Morgan fingerprint density at radius 2 is 1.95 bits per heavy atom. The third-order valence-corrected chi connectivity index (χ3v) is 3.29. The van der Waals surface area contributed by atoms with Gasteiger partial charge in [-0.3, -0.25) is 0 Å². The van der Waals surface area contributed by atoms with Crippen LogP contribution in [0.2, 0.25) is 0 Å². The van der Waals surface area contributed by atoms with Crippen LogP contribution in [0.1, 0.15) is 29.7 Å². The predicted molar refractivity (Wildman–Crippen MR) is 74.5 cm³/mol. The normalized spacial score (nSPS) is 12.4. The largest absolute Gasteiger partial charge is 0.508 e. The minimum Gasteiger partial charge on any atom is -0.508 e. The van der Waals surface area contributed by atoms with Crippen molar-refractivity contribution in [3.63, 3.8) is 0 Å². The number of nitrogens with one attached hydrogen (secondary N) is 1. The van der Waals surface area contributed by atoms with Crippen LogP contribution in [-0.2, 0) is 6.54 Å². The molecular weight excluding hydrogens is 241 g/mol. The molecule has 2 aromatic carbocycles. The number of rotatable bonds is 4. The Labute approximate surface area is 112 Å². The van der Waals surface area contributed by atoms with Gasteiger partial charge in [-0.25, -0.2) is 4.39 Å². The standard InChI is InChI=1S/C16H18FNO/c1-11-7-8-13(9-15(11)17)12(2)18-10-14-5-3-4-6-16(14)19/h3-9,12,18-19H,10H2,1-2H3. The van der Waals surface area contributed by atoms with Crippen molar-refractivity contribution in [2.45, 2.75) is 26.4 Å². The van der Waals surface area contributed by atoms with Crippen LogP contribution >= 0.6 is 0 Å². The van der Waals surface area contributed by atoms with Crippen LogP contribution in [0.3, 0.4) is 0 Å². The highest BCUT2D eigenvalue weighted by atomic mass is 19.1. The third kappa shape index (κ3) is 3.32. The Morgan fingerprint density at radius 1 is 1.21 bits per heavy atom. The summed E-state index contributed by atoms with van der Waals surface area (Å²) in [6, 6.07) is 12.5. The van der Waals surface area contributed by atoms with Crippen molar-refractivity contribution in [3.05, 3.63) is 65.0 Å². The second-order valence-corrected chi connectivity index (χ2v) is 4.74. The molecular formula is C16H18FNO. The van der Waals surface area contributed by atoms with E-state index in [2.05, 4.69) is 5.32 Å². The van der Waals surface area contributed by atoms with Gasteiger partial charge in [0.05, 0.1) is 0 Å². The summed E-state index contributed by atoms with van der Waals surface area (Å²) in [5.74, 6) is 0.0889. The van der Waals surface area contributed by atoms with Crippen molar-refractivity contribution in [3.8, 4) is 5.75 Å². The van der Waals surface area contributed by atoms with Crippen molar-refractivity contribution >= 4 is 0 Å². The molecule has 0 spiro atoms. The average molecular weight is 259 g/mol. The van der Waals surface area contributed by atoms with Gasteiger partial charge in [-0.05, 0) is 37.1 Å². The van der Waals surface area contributed by atoms with Gasteiger partial charge in [0.25, 0.3) is 0 Å². The molecule has 0 aliphatic rings. The Morgan fingerprint density at radius 3 is 2.63 bits per heavy atom. The topological polar surface area (TPSA) is 32.3 Å². The Kier molecular flexibility index (Phi) is 4.17. The first kappa shape index (κ1) is 13.6. The van der Waals surface area contributed by atoms with Crippen LogP contribution in [0.4, 0.5) is 4.39 Å². The number of hydrogen-bond acceptors (Lipinski definition) is 2. The minimum absolute atomic E-state index is 0.0229. The highest BCUT2D eigenvalue weighted by molar-refractivity contribution is 5.32. The summed E-state index contributed by atoms with van der Waals surface area (Å²) >= 11 is 0. The van der Waals surface area contributed by atoms with Gasteiger partial charge in [0, 0.05) is 18.2 Å². The van der Waals surface area contributed by atoms with Gasteiger partial charge in [0.15, 0.2) is 0 Å². The first-order chi connectivity index (χ1) is 9.08. The van der Waals surface area contributed by atoms with E-state index in [0.717, 1.165) is 11.1 Å². The summed E-state index contributed by atoms with van der Waals surface area (Å²) in [6.45, 7) is 4.27. The fourth-order valence-electron chi connectivity index (χ4n) is 1.92. The molecule has 2 N–H and O–H groups in total. The molecule has 0 aliphatic heterocycles. The molecule has 0 saturated heterocycles. The zero-order chi connectivity index (χ0) is 13.8. The van der Waals surface area contributed by atoms with E-state index in [1.807, 2.05) is 25.1 Å². The molecule has 0 amide bonds. The van der Waals surface area contributed by atoms with Crippen LogP contribution in [0.5, 0.6) is 5.75 Å². The summed E-state index contributed by atoms with van der Waals surface area (Å²) in [5.41, 5.74) is 2.39. The zero-order valence-electron chi connectivity index (χ0n) is 11.2. The molecule has 2 rings (SSSR count). The molecule has 2 aromatic rings. The Balaban J connectivity index is 2.03. The molecule has 3 heteroatoms. The average Bonchev–Trinajstić information content (AvgIpc) is 2.40. The van der Waals surface area contributed by atoms with E-state index in [1.54, 1.807) is 31.2 Å². The van der Waals surface area contributed by atoms with Crippen molar-refractivity contribution in [1.29, 1.82) is 0 Å². The van der Waals surface area contributed by atoms with Crippen LogP contribution in [0.25, 0.3) is 0 Å². The number of hydrogen-bond donors (Lipinski definition) is 2. The number of benzene rings is 2. The van der Waals surface area contributed by atoms with Gasteiger partial charge in [-0.15, -0.1) is 0 Å². The van der Waals surface area contributed by atoms with Crippen LogP contribution in [-0.4, -0.2) is 5.11 Å². The van der Waals surface area contributed by atoms with E-state index in [0.29, 0.717) is 12.1 Å². The molecule has 0 saturated carbocycles. The number of aryl methyl sites for hydroxylation is 1. The van der Waals surface area contributed by atoms with Gasteiger partial charge < -0.3 is 10.4 Å². The van der Waals surface area contributed by atoms with E-state index in [-0.39, 0.29) is 17.6 Å². The number of para-hydroxylation sites is 1. The molecule has 1 unspecified atom stereocenters. The van der Waals surface area contributed by atoms with Crippen LogP contribution < -0.4 is 5.32 Å². The van der Waals surface area contributed by atoms with E-state index < -0.39 is 0 Å². The fraction of sp³-hybridized carbons (Fsp3) is 0.250. The molecule has 0 fully saturated rings. The first-order valence-electron chi connectivity index (χ1n) is 6.34. The highest BCUT2D eigenvalue weighted by Gasteiger charge is 2.08. The lowest BCUT2D eigenvalue weighted by atomic mass is 10.1. The highest BCUT2D eigenvalue weighted by Crippen LogP contribution is 2.19. The maximum absolute atomic E-state index is 13.5. The van der Waals surface area contributed by atoms with Gasteiger partial charge >= 0.3 is 0 Å². The lowest BCUT2D eigenvalue weighted by Crippen LogP contribution is -2.18. The molecule has 0 bridgehead atoms. The van der Waals surface area contributed by atoms with Gasteiger partial charge in [0.2, 0.25) is 0 Å². The zero-order valence-corrected chi connectivity index (χ0v) is 11.2. The van der Waals surface area contributed by atoms with E-state index >= 15 is 0 Å². The monoisotopic (exact) mass is 259 g/mol. The molecule has 19 heavy (non-hydrogen) atoms. The minimum atomic E-state index is -0.186. The SMILES string of the molecule is Cc1ccc(C(C)NCc2ccccc2O)cc1F. The molecule has 100 valence electrons. The molecule has 1 atom stereocenters. The Bertz CT molecular complexity index is 568. The Hall–Kier alpha value is -1.87. The summed E-state index contributed by atoms with van der Waals surface area (Å²) < 4.78 is 13.5. The van der Waals surface area contributed by atoms with Gasteiger partial charge in [-0.2, -0.15) is 0 Å². The first-order valence-corrected chi connectivity index (χ1v) is 6.34. The van der Waals surface area contributed by atoms with Crippen molar-refractivity contribution in [2.75, 3.05) is 0 Å². The lowest BCUT2D eigenvalue weighted by Gasteiger charge is -2.15. The van der Waals surface area contributed by atoms with Crippen molar-refractivity contribution < 1.29 is 9.50 Å². The van der Waals surface area contributed by atoms with Crippen LogP contribution in [0, 0.1) is 12.7 Å². The number of phenols is 1. The second-order valence-electron chi connectivity index (χ2n) is 4.74. The second kappa shape index (κ2) is 5.85. The van der Waals surface area contributed by atoms with Gasteiger partial charge in [-0.1, -0.05) is 30.3 Å². The van der Waals surface area contributed by atoms with E-state index in [9.17, 15) is 9.50 Å². The quantitative estimate of drug-likeness (QED) is 0.877. The molecule has 0 heterocycles. The molecule has 0 aromatic heterocycles. The smallest absolute Gasteiger partial charge is 0.126 e. The van der Waals surface area contributed by atoms with Crippen LogP contribution in [0.15, 0.2) is 42.5 Å². The fourth-order valence-corrected chi connectivity index (χ4v) is 1.92. The third-order valence-electron chi connectivity index (χ3n) is 3.29. The summed E-state index contributed by atoms with van der Waals surface area (Å²) in [5, 5.41) is 13.0. The van der Waals surface area contributed by atoms with E-state index in [4.69, 9.17) is 0 Å². The van der Waals surface area contributed by atoms with Gasteiger partial charge in [0.1, 0.15) is 11.6 Å². The molecule has 0 radical (unpaired) electrons.